The number of sulfonamides is 1. The number of fused-ring (bicyclic) bond motifs is 1. The van der Waals surface area contributed by atoms with Crippen LogP contribution in [0.4, 0.5) is 15.9 Å². The van der Waals surface area contributed by atoms with Crippen molar-refractivity contribution >= 4 is 27.4 Å². The van der Waals surface area contributed by atoms with Gasteiger partial charge in [0.1, 0.15) is 5.82 Å². The van der Waals surface area contributed by atoms with Gasteiger partial charge in [-0.25, -0.2) is 12.8 Å². The summed E-state index contributed by atoms with van der Waals surface area (Å²) in [6.07, 6.45) is 0. The first kappa shape index (κ1) is 23.4. The number of aromatic amines is 1. The van der Waals surface area contributed by atoms with Gasteiger partial charge in [0, 0.05) is 49.0 Å². The number of halogens is 1. The van der Waals surface area contributed by atoms with Crippen LogP contribution >= 0.6 is 0 Å². The Morgan fingerprint density at radius 3 is 2.74 bits per heavy atom. The van der Waals surface area contributed by atoms with E-state index in [1.807, 2.05) is 12.1 Å². The minimum Gasteiger partial charge on any atom is -0.395 e. The summed E-state index contributed by atoms with van der Waals surface area (Å²) in [6, 6.07) is 12.0. The molecule has 1 unspecified atom stereocenters. The SMILES string of the molecule is O=C(Nc1n[nH]c2c1CN(S(=O)(=O)c1cccc(F)c1)C2)c1ccc(N2CCNC(CO)C2)cc1. The Morgan fingerprint density at radius 2 is 2.00 bits per heavy atom. The number of anilines is 2. The lowest BCUT2D eigenvalue weighted by molar-refractivity contribution is 0.102. The molecule has 0 radical (unpaired) electrons. The maximum atomic E-state index is 13.6. The van der Waals surface area contributed by atoms with Crippen LogP contribution in [0.15, 0.2) is 53.4 Å². The number of rotatable bonds is 6. The Kier molecular flexibility index (Phi) is 6.28. The smallest absolute Gasteiger partial charge is 0.256 e. The third-order valence-electron chi connectivity index (χ3n) is 6.26. The summed E-state index contributed by atoms with van der Waals surface area (Å²) in [6.45, 7) is 2.36. The molecule has 0 saturated carbocycles. The molecule has 2 aliphatic heterocycles. The molecule has 3 aromatic rings. The van der Waals surface area contributed by atoms with Crippen molar-refractivity contribution in [3.8, 4) is 0 Å². The standard InChI is InChI=1S/C23H25FN6O4S/c24-16-2-1-3-19(10-16)35(33,34)30-12-20-21(13-30)27-28-22(20)26-23(32)15-4-6-18(7-5-15)29-9-8-25-17(11-29)14-31/h1-7,10,17,25,31H,8-9,11-14H2,(H2,26,27,28,32). The van der Waals surface area contributed by atoms with Gasteiger partial charge >= 0.3 is 0 Å². The van der Waals surface area contributed by atoms with Crippen LogP contribution in [-0.4, -0.2) is 66.2 Å². The molecule has 1 aromatic heterocycles. The number of carbonyl (C=O) groups excluding carboxylic acids is 1. The maximum Gasteiger partial charge on any atom is 0.256 e. The Bertz CT molecular complexity index is 1340. The molecule has 0 spiro atoms. The highest BCUT2D eigenvalue weighted by molar-refractivity contribution is 7.89. The van der Waals surface area contributed by atoms with E-state index < -0.39 is 15.8 Å². The zero-order valence-electron chi connectivity index (χ0n) is 18.7. The molecule has 0 bridgehead atoms. The third-order valence-corrected chi connectivity index (χ3v) is 8.05. The van der Waals surface area contributed by atoms with Gasteiger partial charge in [0.05, 0.1) is 23.7 Å². The highest BCUT2D eigenvalue weighted by Crippen LogP contribution is 2.32. The fourth-order valence-corrected chi connectivity index (χ4v) is 5.75. The van der Waals surface area contributed by atoms with Gasteiger partial charge in [-0.1, -0.05) is 6.07 Å². The minimum absolute atomic E-state index is 0.00818. The van der Waals surface area contributed by atoms with Crippen LogP contribution in [0.3, 0.4) is 0 Å². The summed E-state index contributed by atoms with van der Waals surface area (Å²) in [5, 5.41) is 22.3. The summed E-state index contributed by atoms with van der Waals surface area (Å²) >= 11 is 0. The second kappa shape index (κ2) is 9.38. The lowest BCUT2D eigenvalue weighted by Gasteiger charge is -2.34. The number of amides is 1. The molecule has 184 valence electrons. The number of benzene rings is 2. The maximum absolute atomic E-state index is 13.6. The van der Waals surface area contributed by atoms with Crippen molar-refractivity contribution in [2.24, 2.45) is 0 Å². The molecule has 1 atom stereocenters. The van der Waals surface area contributed by atoms with E-state index in [1.165, 1.54) is 22.5 Å². The van der Waals surface area contributed by atoms with Crippen LogP contribution in [0.2, 0.25) is 0 Å². The molecule has 2 aromatic carbocycles. The van der Waals surface area contributed by atoms with Crippen molar-refractivity contribution in [2.75, 3.05) is 36.5 Å². The number of aliphatic hydroxyl groups is 1. The molecule has 10 nitrogen and oxygen atoms in total. The predicted octanol–water partition coefficient (Wildman–Crippen LogP) is 1.28. The zero-order chi connectivity index (χ0) is 24.6. The topological polar surface area (TPSA) is 131 Å². The van der Waals surface area contributed by atoms with E-state index in [2.05, 4.69) is 25.7 Å². The van der Waals surface area contributed by atoms with Crippen LogP contribution in [0.1, 0.15) is 21.6 Å². The Balaban J connectivity index is 1.27. The summed E-state index contributed by atoms with van der Waals surface area (Å²) in [4.78, 5) is 14.9. The molecular formula is C23H25FN6O4S. The zero-order valence-corrected chi connectivity index (χ0v) is 19.6. The van der Waals surface area contributed by atoms with Gasteiger partial charge in [0.15, 0.2) is 5.82 Å². The van der Waals surface area contributed by atoms with Crippen LogP contribution in [0.25, 0.3) is 0 Å². The van der Waals surface area contributed by atoms with Gasteiger partial charge in [-0.2, -0.15) is 9.40 Å². The van der Waals surface area contributed by atoms with E-state index in [9.17, 15) is 22.7 Å². The fourth-order valence-electron chi connectivity index (χ4n) is 4.35. The molecule has 1 saturated heterocycles. The molecule has 1 fully saturated rings. The van der Waals surface area contributed by atoms with Crippen molar-refractivity contribution in [2.45, 2.75) is 24.0 Å². The first-order valence-corrected chi connectivity index (χ1v) is 12.6. The molecule has 4 N–H and O–H groups in total. The van der Waals surface area contributed by atoms with Gasteiger partial charge in [-0.3, -0.25) is 9.89 Å². The Morgan fingerprint density at radius 1 is 1.20 bits per heavy atom. The fraction of sp³-hybridized carbons (Fsp3) is 0.304. The number of carbonyl (C=O) groups is 1. The molecular weight excluding hydrogens is 475 g/mol. The van der Waals surface area contributed by atoms with Gasteiger partial charge < -0.3 is 20.6 Å². The molecule has 5 rings (SSSR count). The van der Waals surface area contributed by atoms with Crippen molar-refractivity contribution in [1.29, 1.82) is 0 Å². The van der Waals surface area contributed by atoms with Crippen molar-refractivity contribution in [3.05, 3.63) is 71.2 Å². The van der Waals surface area contributed by atoms with Gasteiger partial charge in [-0.05, 0) is 42.5 Å². The highest BCUT2D eigenvalue weighted by Gasteiger charge is 2.34. The number of nitrogens with zero attached hydrogens (tertiary/aromatic N) is 3. The van der Waals surface area contributed by atoms with Crippen LogP contribution in [-0.2, 0) is 23.1 Å². The number of hydrogen-bond acceptors (Lipinski definition) is 7. The van der Waals surface area contributed by atoms with Crippen LogP contribution in [0, 0.1) is 5.82 Å². The first-order valence-electron chi connectivity index (χ1n) is 11.2. The van der Waals surface area contributed by atoms with Crippen molar-refractivity contribution in [1.82, 2.24) is 19.8 Å². The number of hydrogen-bond donors (Lipinski definition) is 4. The quantitative estimate of drug-likeness (QED) is 0.401. The third kappa shape index (κ3) is 4.65. The van der Waals surface area contributed by atoms with E-state index in [0.717, 1.165) is 24.8 Å². The Labute approximate surface area is 201 Å². The van der Waals surface area contributed by atoms with Crippen LogP contribution in [0.5, 0.6) is 0 Å². The second-order valence-corrected chi connectivity index (χ2v) is 10.5. The van der Waals surface area contributed by atoms with Gasteiger partial charge in [-0.15, -0.1) is 0 Å². The largest absolute Gasteiger partial charge is 0.395 e. The van der Waals surface area contributed by atoms with Crippen LogP contribution < -0.4 is 15.5 Å². The molecule has 35 heavy (non-hydrogen) atoms. The number of aliphatic hydroxyl groups excluding tert-OH is 1. The number of H-pyrrole nitrogens is 1. The second-order valence-electron chi connectivity index (χ2n) is 8.54. The highest BCUT2D eigenvalue weighted by atomic mass is 32.2. The van der Waals surface area contributed by atoms with E-state index in [4.69, 9.17) is 0 Å². The van der Waals surface area contributed by atoms with Crippen molar-refractivity contribution in [3.63, 3.8) is 0 Å². The summed E-state index contributed by atoms with van der Waals surface area (Å²) < 4.78 is 40.6. The van der Waals surface area contributed by atoms with E-state index in [1.54, 1.807) is 12.1 Å². The monoisotopic (exact) mass is 500 g/mol. The molecule has 3 heterocycles. The van der Waals surface area contributed by atoms with Gasteiger partial charge in [0.2, 0.25) is 10.0 Å². The molecule has 2 aliphatic rings. The predicted molar refractivity (Wildman–Crippen MR) is 127 cm³/mol. The lowest BCUT2D eigenvalue weighted by Crippen LogP contribution is -2.52. The van der Waals surface area contributed by atoms with Crippen molar-refractivity contribution < 1.29 is 22.7 Å². The summed E-state index contributed by atoms with van der Waals surface area (Å²) in [5.41, 5.74) is 2.54. The number of piperazine rings is 1. The molecule has 12 heteroatoms. The first-order chi connectivity index (χ1) is 16.8. The van der Waals surface area contributed by atoms with E-state index >= 15 is 0 Å². The Hall–Kier alpha value is -3.32. The summed E-state index contributed by atoms with van der Waals surface area (Å²) in [5.74, 6) is -0.737. The molecule has 1 amide bonds. The number of nitrogens with one attached hydrogen (secondary N) is 3. The summed E-state index contributed by atoms with van der Waals surface area (Å²) in [7, 11) is -3.91. The number of aromatic nitrogens is 2. The minimum atomic E-state index is -3.91. The van der Waals surface area contributed by atoms with Gasteiger partial charge in [0.25, 0.3) is 5.91 Å². The van der Waals surface area contributed by atoms with E-state index in [0.29, 0.717) is 23.4 Å². The average molecular weight is 501 g/mol. The van der Waals surface area contributed by atoms with E-state index in [-0.39, 0.29) is 42.4 Å². The average Bonchev–Trinajstić information content (AvgIpc) is 3.47. The lowest BCUT2D eigenvalue weighted by atomic mass is 10.1. The molecule has 0 aliphatic carbocycles. The normalized spacial score (nSPS) is 18.5.